The number of carbonyl (C=O) groups excluding carboxylic acids is 2. The number of halogens is 2. The number of esters is 1. The molecule has 1 aromatic rings. The summed E-state index contributed by atoms with van der Waals surface area (Å²) in [5.74, 6) is -0.972. The number of nitrogens with zero attached hydrogens (tertiary/aromatic N) is 1. The zero-order valence-corrected chi connectivity index (χ0v) is 14.2. The molecule has 0 spiro atoms. The number of anilines is 2. The van der Waals surface area contributed by atoms with Crippen molar-refractivity contribution in [3.05, 3.63) is 24.3 Å². The minimum atomic E-state index is -1.09. The highest BCUT2D eigenvalue weighted by molar-refractivity contribution is 6.53. The van der Waals surface area contributed by atoms with Crippen LogP contribution in [0.25, 0.3) is 0 Å². The molecule has 1 fully saturated rings. The first kappa shape index (κ1) is 16.9. The van der Waals surface area contributed by atoms with Gasteiger partial charge >= 0.3 is 5.97 Å². The van der Waals surface area contributed by atoms with E-state index in [2.05, 4.69) is 5.32 Å². The summed E-state index contributed by atoms with van der Waals surface area (Å²) >= 11 is 11.8. The third-order valence-corrected chi connectivity index (χ3v) is 4.81. The molecule has 1 aliphatic carbocycles. The lowest BCUT2D eigenvalue weighted by molar-refractivity contribution is -0.152. The van der Waals surface area contributed by atoms with Crippen LogP contribution in [-0.2, 0) is 14.3 Å². The average molecular weight is 345 g/mol. The van der Waals surface area contributed by atoms with Gasteiger partial charge in [0, 0.05) is 31.9 Å². The molecule has 120 valence electrons. The molecule has 1 N–H and O–H groups in total. The van der Waals surface area contributed by atoms with Crippen molar-refractivity contribution >= 4 is 46.5 Å². The quantitative estimate of drug-likeness (QED) is 0.659. The van der Waals surface area contributed by atoms with Crippen LogP contribution >= 0.6 is 23.2 Å². The molecule has 0 radical (unpaired) electrons. The number of benzene rings is 1. The fourth-order valence-corrected chi connectivity index (χ4v) is 2.64. The summed E-state index contributed by atoms with van der Waals surface area (Å²) in [6.45, 7) is 1.25. The average Bonchev–Trinajstić information content (AvgIpc) is 2.97. The predicted octanol–water partition coefficient (Wildman–Crippen LogP) is 2.82. The normalized spacial score (nSPS) is 21.9. The van der Waals surface area contributed by atoms with Gasteiger partial charge in [-0.1, -0.05) is 0 Å². The number of amides is 1. The molecule has 0 aliphatic heterocycles. The van der Waals surface area contributed by atoms with E-state index in [1.807, 2.05) is 31.1 Å². The second-order valence-corrected chi connectivity index (χ2v) is 7.26. The van der Waals surface area contributed by atoms with Gasteiger partial charge in [0.1, 0.15) is 9.75 Å². The first-order chi connectivity index (χ1) is 10.2. The zero-order valence-electron chi connectivity index (χ0n) is 12.7. The molecule has 22 heavy (non-hydrogen) atoms. The number of nitrogens with one attached hydrogen (secondary N) is 1. The lowest BCUT2D eigenvalue weighted by Gasteiger charge is -2.14. The van der Waals surface area contributed by atoms with E-state index < -0.39 is 21.6 Å². The van der Waals surface area contributed by atoms with Crippen molar-refractivity contribution in [2.75, 3.05) is 30.9 Å². The number of rotatable bonds is 5. The Morgan fingerprint density at radius 1 is 1.27 bits per heavy atom. The molecule has 1 atom stereocenters. The highest BCUT2D eigenvalue weighted by atomic mass is 35.5. The monoisotopic (exact) mass is 344 g/mol. The van der Waals surface area contributed by atoms with Crippen molar-refractivity contribution < 1.29 is 14.3 Å². The van der Waals surface area contributed by atoms with Gasteiger partial charge in [0.15, 0.2) is 6.61 Å². The Labute approximate surface area is 139 Å². The molecule has 1 saturated carbocycles. The standard InChI is InChI=1S/C15H18Cl2N2O3/c1-14(9-15(14,16)17)13(21)22-8-12(20)18-10-4-6-11(7-5-10)19(2)3/h4-7H,8-9H2,1-3H3,(H,18,20)/t14-/m0/s1. The Balaban J connectivity index is 1.82. The van der Waals surface area contributed by atoms with Crippen molar-refractivity contribution in [1.29, 1.82) is 0 Å². The van der Waals surface area contributed by atoms with Crippen molar-refractivity contribution in [2.24, 2.45) is 5.41 Å². The van der Waals surface area contributed by atoms with Gasteiger partial charge in [-0.3, -0.25) is 9.59 Å². The highest BCUT2D eigenvalue weighted by Crippen LogP contribution is 2.64. The van der Waals surface area contributed by atoms with Gasteiger partial charge in [0.05, 0.1) is 0 Å². The maximum Gasteiger partial charge on any atom is 0.315 e. The lowest BCUT2D eigenvalue weighted by atomic mass is 10.1. The van der Waals surface area contributed by atoms with E-state index in [0.29, 0.717) is 12.1 Å². The lowest BCUT2D eigenvalue weighted by Crippen LogP contribution is -2.26. The number of hydrogen-bond acceptors (Lipinski definition) is 4. The third-order valence-electron chi connectivity index (χ3n) is 3.71. The molecule has 5 nitrogen and oxygen atoms in total. The zero-order chi connectivity index (χ0) is 16.5. The van der Waals surface area contributed by atoms with Gasteiger partial charge in [0.2, 0.25) is 0 Å². The molecule has 0 unspecified atom stereocenters. The Kier molecular flexibility index (Phi) is 4.59. The Morgan fingerprint density at radius 3 is 2.27 bits per heavy atom. The molecular formula is C15H18Cl2N2O3. The molecule has 2 rings (SSSR count). The second-order valence-electron chi connectivity index (χ2n) is 5.78. The molecule has 1 aromatic carbocycles. The summed E-state index contributed by atoms with van der Waals surface area (Å²) in [6, 6.07) is 7.31. The van der Waals surface area contributed by atoms with E-state index in [0.717, 1.165) is 5.69 Å². The van der Waals surface area contributed by atoms with E-state index >= 15 is 0 Å². The van der Waals surface area contributed by atoms with Crippen molar-refractivity contribution in [2.45, 2.75) is 17.7 Å². The van der Waals surface area contributed by atoms with E-state index in [-0.39, 0.29) is 6.61 Å². The van der Waals surface area contributed by atoms with Gasteiger partial charge in [-0.25, -0.2) is 0 Å². The Bertz CT molecular complexity index is 587. The summed E-state index contributed by atoms with van der Waals surface area (Å²) in [7, 11) is 3.86. The maximum atomic E-state index is 11.8. The molecule has 0 heterocycles. The van der Waals surface area contributed by atoms with E-state index in [1.165, 1.54) is 0 Å². The summed E-state index contributed by atoms with van der Waals surface area (Å²) < 4.78 is 3.88. The largest absolute Gasteiger partial charge is 0.455 e. The molecule has 7 heteroatoms. The summed E-state index contributed by atoms with van der Waals surface area (Å²) in [5.41, 5.74) is 0.726. The summed E-state index contributed by atoms with van der Waals surface area (Å²) in [6.07, 6.45) is 0.329. The van der Waals surface area contributed by atoms with Gasteiger partial charge in [-0.2, -0.15) is 0 Å². The maximum absolute atomic E-state index is 11.8. The van der Waals surface area contributed by atoms with Crippen LogP contribution in [0.15, 0.2) is 24.3 Å². The highest BCUT2D eigenvalue weighted by Gasteiger charge is 2.69. The first-order valence-electron chi connectivity index (χ1n) is 6.78. The minimum absolute atomic E-state index is 0.329. The van der Waals surface area contributed by atoms with Crippen molar-refractivity contribution in [3.8, 4) is 0 Å². The van der Waals surface area contributed by atoms with Crippen LogP contribution < -0.4 is 10.2 Å². The van der Waals surface area contributed by atoms with Crippen LogP contribution in [-0.4, -0.2) is 36.9 Å². The van der Waals surface area contributed by atoms with Crippen molar-refractivity contribution in [3.63, 3.8) is 0 Å². The molecule has 1 amide bonds. The van der Waals surface area contributed by atoms with Gasteiger partial charge in [0.25, 0.3) is 5.91 Å². The van der Waals surface area contributed by atoms with Crippen LogP contribution in [0.3, 0.4) is 0 Å². The number of alkyl halides is 2. The number of hydrogen-bond donors (Lipinski definition) is 1. The smallest absolute Gasteiger partial charge is 0.315 e. The minimum Gasteiger partial charge on any atom is -0.455 e. The SMILES string of the molecule is CN(C)c1ccc(NC(=O)COC(=O)[C@]2(C)CC2(Cl)Cl)cc1. The number of carbonyl (C=O) groups is 2. The van der Waals surface area contributed by atoms with Crippen LogP contribution in [0.2, 0.25) is 0 Å². The van der Waals surface area contributed by atoms with Crippen molar-refractivity contribution in [1.82, 2.24) is 0 Å². The Hall–Kier alpha value is -1.46. The fraction of sp³-hybridized carbons (Fsp3) is 0.467. The third kappa shape index (κ3) is 3.47. The molecule has 0 saturated heterocycles. The Morgan fingerprint density at radius 2 is 1.82 bits per heavy atom. The first-order valence-corrected chi connectivity index (χ1v) is 7.54. The van der Waals surface area contributed by atoms with Crippen LogP contribution in [0, 0.1) is 5.41 Å². The van der Waals surface area contributed by atoms with E-state index in [4.69, 9.17) is 27.9 Å². The molecule has 0 aromatic heterocycles. The van der Waals surface area contributed by atoms with Crippen LogP contribution in [0.5, 0.6) is 0 Å². The number of ether oxygens (including phenoxy) is 1. The summed E-state index contributed by atoms with van der Waals surface area (Å²) in [5, 5.41) is 2.66. The molecular weight excluding hydrogens is 327 g/mol. The van der Waals surface area contributed by atoms with E-state index in [9.17, 15) is 9.59 Å². The van der Waals surface area contributed by atoms with Gasteiger partial charge in [-0.15, -0.1) is 23.2 Å². The van der Waals surface area contributed by atoms with E-state index in [1.54, 1.807) is 19.1 Å². The van der Waals surface area contributed by atoms with Crippen LogP contribution in [0.1, 0.15) is 13.3 Å². The van der Waals surface area contributed by atoms with Gasteiger partial charge < -0.3 is 15.0 Å². The van der Waals surface area contributed by atoms with Crippen LogP contribution in [0.4, 0.5) is 11.4 Å². The molecule has 1 aliphatic rings. The van der Waals surface area contributed by atoms with Gasteiger partial charge in [-0.05, 0) is 31.2 Å². The second kappa shape index (κ2) is 5.97. The topological polar surface area (TPSA) is 58.6 Å². The predicted molar refractivity (Wildman–Crippen MR) is 87.5 cm³/mol. The molecule has 0 bridgehead atoms. The fourth-order valence-electron chi connectivity index (χ4n) is 1.95. The summed E-state index contributed by atoms with van der Waals surface area (Å²) in [4.78, 5) is 25.6.